The molecule has 3 heteroatoms. The molecule has 0 aliphatic carbocycles. The van der Waals surface area contributed by atoms with Crippen molar-refractivity contribution in [2.45, 2.75) is 32.8 Å². The van der Waals surface area contributed by atoms with E-state index in [0.29, 0.717) is 6.61 Å². The summed E-state index contributed by atoms with van der Waals surface area (Å²) in [6.45, 7) is 7.48. The number of β-amino-alcohol motifs (C(OH)–C–C–N with tert-alkyl or cyclic N) is 1. The minimum atomic E-state index is -0.398. The second-order valence-corrected chi connectivity index (χ2v) is 5.22. The highest BCUT2D eigenvalue weighted by Crippen LogP contribution is 2.16. The predicted octanol–water partition coefficient (Wildman–Crippen LogP) is 2.14. The van der Waals surface area contributed by atoms with E-state index >= 15 is 0 Å². The summed E-state index contributed by atoms with van der Waals surface area (Å²) in [5.41, 5.74) is 2.49. The van der Waals surface area contributed by atoms with Gasteiger partial charge in [-0.25, -0.2) is 0 Å². The summed E-state index contributed by atoms with van der Waals surface area (Å²) in [5, 5.41) is 9.93. The van der Waals surface area contributed by atoms with E-state index in [1.807, 2.05) is 12.1 Å². The second kappa shape index (κ2) is 6.21. The summed E-state index contributed by atoms with van der Waals surface area (Å²) < 4.78 is 5.64. The van der Waals surface area contributed by atoms with Gasteiger partial charge in [-0.15, -0.1) is 0 Å². The van der Waals surface area contributed by atoms with Gasteiger partial charge in [0, 0.05) is 6.54 Å². The third-order valence-electron chi connectivity index (χ3n) is 3.59. The molecule has 100 valence electrons. The lowest BCUT2D eigenvalue weighted by atomic mass is 10.1. The van der Waals surface area contributed by atoms with Crippen LogP contribution in [0.2, 0.25) is 0 Å². The van der Waals surface area contributed by atoms with Gasteiger partial charge < -0.3 is 14.7 Å². The molecule has 1 saturated heterocycles. The van der Waals surface area contributed by atoms with Gasteiger partial charge in [0.15, 0.2) is 0 Å². The Hall–Kier alpha value is -1.06. The number of nitrogens with zero attached hydrogens (tertiary/aromatic N) is 1. The van der Waals surface area contributed by atoms with Crippen molar-refractivity contribution in [1.29, 1.82) is 0 Å². The van der Waals surface area contributed by atoms with E-state index in [4.69, 9.17) is 4.74 Å². The lowest BCUT2D eigenvalue weighted by Crippen LogP contribution is -2.33. The highest BCUT2D eigenvalue weighted by molar-refractivity contribution is 5.33. The Morgan fingerprint density at radius 3 is 2.61 bits per heavy atom. The first-order chi connectivity index (χ1) is 8.65. The molecule has 1 heterocycles. The fraction of sp³-hybridized carbons (Fsp3) is 0.600. The minimum Gasteiger partial charge on any atom is -0.491 e. The van der Waals surface area contributed by atoms with Crippen molar-refractivity contribution in [3.63, 3.8) is 0 Å². The molecule has 1 fully saturated rings. The van der Waals surface area contributed by atoms with Crippen LogP contribution < -0.4 is 4.74 Å². The Balaban J connectivity index is 1.77. The molecule has 2 rings (SSSR count). The van der Waals surface area contributed by atoms with Gasteiger partial charge in [0.2, 0.25) is 0 Å². The first-order valence-corrected chi connectivity index (χ1v) is 6.75. The number of hydrogen-bond acceptors (Lipinski definition) is 3. The highest BCUT2D eigenvalue weighted by atomic mass is 16.5. The van der Waals surface area contributed by atoms with Crippen LogP contribution in [0, 0.1) is 13.8 Å². The topological polar surface area (TPSA) is 32.7 Å². The molecule has 0 saturated carbocycles. The fourth-order valence-corrected chi connectivity index (χ4v) is 2.31. The van der Waals surface area contributed by atoms with Gasteiger partial charge in [-0.05, 0) is 63.0 Å². The average Bonchev–Trinajstić information content (AvgIpc) is 2.83. The Morgan fingerprint density at radius 2 is 1.94 bits per heavy atom. The molecule has 0 unspecified atom stereocenters. The first-order valence-electron chi connectivity index (χ1n) is 6.75. The summed E-state index contributed by atoms with van der Waals surface area (Å²) in [6, 6.07) is 6.04. The molecule has 0 aromatic heterocycles. The molecule has 0 amide bonds. The second-order valence-electron chi connectivity index (χ2n) is 5.22. The first kappa shape index (κ1) is 13.4. The average molecular weight is 249 g/mol. The van der Waals surface area contributed by atoms with Crippen LogP contribution in [0.4, 0.5) is 0 Å². The molecule has 0 bridgehead atoms. The maximum atomic E-state index is 9.93. The van der Waals surface area contributed by atoms with Crippen molar-refractivity contribution >= 4 is 0 Å². The van der Waals surface area contributed by atoms with E-state index in [0.717, 1.165) is 25.4 Å². The number of aliphatic hydroxyl groups is 1. The number of benzene rings is 1. The largest absolute Gasteiger partial charge is 0.491 e. The Labute approximate surface area is 109 Å². The van der Waals surface area contributed by atoms with Crippen molar-refractivity contribution in [3.05, 3.63) is 29.3 Å². The Bertz CT molecular complexity index is 386. The highest BCUT2D eigenvalue weighted by Gasteiger charge is 2.16. The van der Waals surface area contributed by atoms with Crippen LogP contribution in [0.1, 0.15) is 24.0 Å². The molecular weight excluding hydrogens is 226 g/mol. The Morgan fingerprint density at radius 1 is 1.22 bits per heavy atom. The van der Waals surface area contributed by atoms with Gasteiger partial charge in [0.05, 0.1) is 0 Å². The van der Waals surface area contributed by atoms with Crippen molar-refractivity contribution < 1.29 is 9.84 Å². The minimum absolute atomic E-state index is 0.374. The molecule has 0 radical (unpaired) electrons. The van der Waals surface area contributed by atoms with Crippen LogP contribution in [0.5, 0.6) is 5.75 Å². The van der Waals surface area contributed by atoms with Crippen LogP contribution in [0.15, 0.2) is 18.2 Å². The third-order valence-corrected chi connectivity index (χ3v) is 3.59. The molecule has 1 aromatic rings. The maximum absolute atomic E-state index is 9.93. The number of aryl methyl sites for hydroxylation is 2. The van der Waals surface area contributed by atoms with Crippen molar-refractivity contribution in [2.75, 3.05) is 26.2 Å². The molecule has 1 N–H and O–H groups in total. The summed E-state index contributed by atoms with van der Waals surface area (Å²) in [4.78, 5) is 2.30. The monoisotopic (exact) mass is 249 g/mol. The van der Waals surface area contributed by atoms with Gasteiger partial charge in [-0.3, -0.25) is 0 Å². The molecule has 1 aliphatic heterocycles. The molecule has 1 atom stereocenters. The van der Waals surface area contributed by atoms with Gasteiger partial charge in [-0.1, -0.05) is 6.07 Å². The fourth-order valence-electron chi connectivity index (χ4n) is 2.31. The summed E-state index contributed by atoms with van der Waals surface area (Å²) >= 11 is 0. The number of likely N-dealkylation sites (tertiary alicyclic amines) is 1. The molecule has 1 aliphatic rings. The van der Waals surface area contributed by atoms with E-state index < -0.39 is 6.10 Å². The van der Waals surface area contributed by atoms with E-state index in [9.17, 15) is 5.11 Å². The van der Waals surface area contributed by atoms with Crippen LogP contribution in [0.3, 0.4) is 0 Å². The van der Waals surface area contributed by atoms with E-state index in [1.54, 1.807) is 0 Å². The van der Waals surface area contributed by atoms with Gasteiger partial charge >= 0.3 is 0 Å². The zero-order valence-corrected chi connectivity index (χ0v) is 11.4. The predicted molar refractivity (Wildman–Crippen MR) is 73.1 cm³/mol. The van der Waals surface area contributed by atoms with Gasteiger partial charge in [0.25, 0.3) is 0 Å². The lowest BCUT2D eigenvalue weighted by Gasteiger charge is -2.19. The summed E-state index contributed by atoms with van der Waals surface area (Å²) in [6.07, 6.45) is 2.11. The zero-order chi connectivity index (χ0) is 13.0. The van der Waals surface area contributed by atoms with Gasteiger partial charge in [-0.2, -0.15) is 0 Å². The maximum Gasteiger partial charge on any atom is 0.119 e. The lowest BCUT2D eigenvalue weighted by molar-refractivity contribution is 0.0758. The van der Waals surface area contributed by atoms with E-state index in [-0.39, 0.29) is 0 Å². The quantitative estimate of drug-likeness (QED) is 0.868. The summed E-state index contributed by atoms with van der Waals surface area (Å²) in [7, 11) is 0. The van der Waals surface area contributed by atoms with Crippen LogP contribution in [0.25, 0.3) is 0 Å². The van der Waals surface area contributed by atoms with Crippen molar-refractivity contribution in [2.24, 2.45) is 0 Å². The number of aliphatic hydroxyl groups excluding tert-OH is 1. The Kier molecular flexibility index (Phi) is 4.61. The number of ether oxygens (including phenoxy) is 1. The SMILES string of the molecule is Cc1ccc(OC[C@@H](O)CN2CCCC2)cc1C. The van der Waals surface area contributed by atoms with Crippen LogP contribution in [-0.4, -0.2) is 42.4 Å². The van der Waals surface area contributed by atoms with Crippen LogP contribution in [-0.2, 0) is 0 Å². The molecular formula is C15H23NO2. The molecule has 18 heavy (non-hydrogen) atoms. The summed E-state index contributed by atoms with van der Waals surface area (Å²) in [5.74, 6) is 0.846. The van der Waals surface area contributed by atoms with Crippen molar-refractivity contribution in [3.8, 4) is 5.75 Å². The van der Waals surface area contributed by atoms with E-state index in [1.165, 1.54) is 24.0 Å². The third kappa shape index (κ3) is 3.72. The number of hydrogen-bond donors (Lipinski definition) is 1. The molecule has 3 nitrogen and oxygen atoms in total. The van der Waals surface area contributed by atoms with Crippen molar-refractivity contribution in [1.82, 2.24) is 4.90 Å². The molecule has 1 aromatic carbocycles. The normalized spacial score (nSPS) is 17.9. The molecule has 0 spiro atoms. The standard InChI is InChI=1S/C15H23NO2/c1-12-5-6-15(9-13(12)2)18-11-14(17)10-16-7-3-4-8-16/h5-6,9,14,17H,3-4,7-8,10-11H2,1-2H3/t14-/m0/s1. The smallest absolute Gasteiger partial charge is 0.119 e. The zero-order valence-electron chi connectivity index (χ0n) is 11.4. The van der Waals surface area contributed by atoms with Gasteiger partial charge in [0.1, 0.15) is 18.5 Å². The van der Waals surface area contributed by atoms with Crippen LogP contribution >= 0.6 is 0 Å². The van der Waals surface area contributed by atoms with E-state index in [2.05, 4.69) is 24.8 Å². The number of rotatable bonds is 5.